The maximum Gasteiger partial charge on any atom is 1.00 e. The molecule has 74 valence electrons. The summed E-state index contributed by atoms with van der Waals surface area (Å²) in [6.45, 7) is 4.24. The van der Waals surface area contributed by atoms with Crippen LogP contribution in [0.3, 0.4) is 0 Å². The van der Waals surface area contributed by atoms with Gasteiger partial charge in [0.15, 0.2) is 0 Å². The molecule has 0 saturated carbocycles. The molecule has 0 bridgehead atoms. The Morgan fingerprint density at radius 2 is 1.85 bits per heavy atom. The van der Waals surface area contributed by atoms with E-state index < -0.39 is 10.1 Å². The molecular weight excluding hydrogens is 215 g/mol. The van der Waals surface area contributed by atoms with Crippen molar-refractivity contribution in [1.82, 2.24) is 0 Å². The van der Waals surface area contributed by atoms with Gasteiger partial charge in [-0.3, -0.25) is 0 Å². The molecule has 0 aliphatic carbocycles. The molecule has 0 N–H and O–H groups in total. The summed E-state index contributed by atoms with van der Waals surface area (Å²) >= 11 is 0. The Morgan fingerprint density at radius 3 is 2.23 bits per heavy atom. The van der Waals surface area contributed by atoms with Crippen LogP contribution in [-0.4, -0.2) is 18.7 Å². The molecule has 1 unspecified atom stereocenters. The van der Waals surface area contributed by atoms with Gasteiger partial charge in [0.05, 0.1) is 10.1 Å². The zero-order valence-electron chi connectivity index (χ0n) is 8.75. The van der Waals surface area contributed by atoms with Crippen LogP contribution in [0.1, 0.15) is 39.5 Å². The van der Waals surface area contributed by atoms with Gasteiger partial charge in [-0.2, -0.15) is 0 Å². The zero-order valence-corrected chi connectivity index (χ0v) is 12.7. The van der Waals surface area contributed by atoms with Gasteiger partial charge in [-0.1, -0.05) is 33.1 Å². The number of hydrogen-bond acceptors (Lipinski definition) is 3. The predicted octanol–water partition coefficient (Wildman–Crippen LogP) is -1.25. The second-order valence-electron chi connectivity index (χ2n) is 3.27. The Balaban J connectivity index is 0. The monoisotopic (exact) mass is 232 g/mol. The molecule has 0 radical (unpaired) electrons. The van der Waals surface area contributed by atoms with Crippen molar-refractivity contribution in [3.8, 4) is 0 Å². The van der Waals surface area contributed by atoms with Crippen LogP contribution in [0.25, 0.3) is 0 Å². The molecule has 0 spiro atoms. The summed E-state index contributed by atoms with van der Waals surface area (Å²) in [5.41, 5.74) is 0. The van der Waals surface area contributed by atoms with Crippen molar-refractivity contribution in [3.63, 3.8) is 0 Å². The first-order valence-electron chi connectivity index (χ1n) is 4.39. The summed E-state index contributed by atoms with van der Waals surface area (Å²) in [4.78, 5) is 0. The summed E-state index contributed by atoms with van der Waals surface area (Å²) in [5.74, 6) is 0.433. The van der Waals surface area contributed by atoms with Gasteiger partial charge in [0.25, 0.3) is 0 Å². The summed E-state index contributed by atoms with van der Waals surface area (Å²) in [7, 11) is -3.98. The van der Waals surface area contributed by atoms with Gasteiger partial charge in [-0.15, -0.1) is 0 Å². The van der Waals surface area contributed by atoms with Crippen LogP contribution >= 0.6 is 0 Å². The molecule has 5 heteroatoms. The molecule has 0 aromatic rings. The first-order chi connectivity index (χ1) is 5.45. The molecule has 0 aliphatic heterocycles. The third-order valence-corrected chi connectivity index (χ3v) is 2.83. The average molecular weight is 232 g/mol. The fraction of sp³-hybridized carbons (Fsp3) is 1.00. The van der Waals surface area contributed by atoms with E-state index in [0.717, 1.165) is 19.3 Å². The number of rotatable bonds is 6. The van der Waals surface area contributed by atoms with Gasteiger partial charge in [-0.05, 0) is 12.3 Å². The van der Waals surface area contributed by atoms with Crippen molar-refractivity contribution in [1.29, 1.82) is 0 Å². The van der Waals surface area contributed by atoms with Crippen LogP contribution in [0.2, 0.25) is 0 Å². The van der Waals surface area contributed by atoms with E-state index in [2.05, 4.69) is 13.8 Å². The molecule has 0 fully saturated rings. The first kappa shape index (κ1) is 17.0. The maximum absolute atomic E-state index is 10.2. The molecule has 0 heterocycles. The second-order valence-corrected chi connectivity index (χ2v) is 4.79. The summed E-state index contributed by atoms with van der Waals surface area (Å²) < 4.78 is 30.6. The van der Waals surface area contributed by atoms with Gasteiger partial charge in [-0.25, -0.2) is 8.42 Å². The average Bonchev–Trinajstić information content (AvgIpc) is 1.96. The minimum absolute atomic E-state index is 0. The van der Waals surface area contributed by atoms with E-state index in [1.54, 1.807) is 0 Å². The Bertz CT molecular complexity index is 201. The molecule has 0 aliphatic rings. The van der Waals surface area contributed by atoms with E-state index >= 15 is 0 Å². The van der Waals surface area contributed by atoms with Crippen molar-refractivity contribution in [2.75, 3.05) is 5.75 Å². The number of unbranched alkanes of at least 4 members (excludes halogenated alkanes) is 1. The van der Waals surface area contributed by atoms with Crippen LogP contribution in [0.15, 0.2) is 0 Å². The standard InChI is InChI=1S/C8H18O3S.K/c1-3-8(2)6-4-5-7-12(9,10)11;/h8H,3-7H2,1-2H3,(H,9,10,11);/q;+1/p-1. The molecule has 0 aromatic heterocycles. The molecule has 1 atom stereocenters. The third-order valence-electron chi connectivity index (χ3n) is 2.04. The fourth-order valence-corrected chi connectivity index (χ4v) is 1.53. The topological polar surface area (TPSA) is 57.2 Å². The number of hydrogen-bond donors (Lipinski definition) is 0. The summed E-state index contributed by atoms with van der Waals surface area (Å²) in [6, 6.07) is 0. The maximum atomic E-state index is 10.2. The first-order valence-corrected chi connectivity index (χ1v) is 5.97. The van der Waals surface area contributed by atoms with Crippen LogP contribution in [0, 0.1) is 5.92 Å². The van der Waals surface area contributed by atoms with E-state index in [1.807, 2.05) is 0 Å². The van der Waals surface area contributed by atoms with E-state index in [1.165, 1.54) is 0 Å². The van der Waals surface area contributed by atoms with Gasteiger partial charge in [0.2, 0.25) is 0 Å². The fourth-order valence-electron chi connectivity index (χ4n) is 0.976. The molecule has 3 nitrogen and oxygen atoms in total. The Morgan fingerprint density at radius 1 is 1.31 bits per heavy atom. The molecule has 0 amide bonds. The molecule has 0 rings (SSSR count). The van der Waals surface area contributed by atoms with Gasteiger partial charge >= 0.3 is 51.4 Å². The van der Waals surface area contributed by atoms with Crippen molar-refractivity contribution < 1.29 is 64.4 Å². The summed E-state index contributed by atoms with van der Waals surface area (Å²) in [6.07, 6.45) is 3.49. The third kappa shape index (κ3) is 13.5. The predicted molar refractivity (Wildman–Crippen MR) is 47.9 cm³/mol. The SMILES string of the molecule is CCC(C)CCCCS(=O)(=O)[O-].[K+]. The molecule has 0 saturated heterocycles. The quantitative estimate of drug-likeness (QED) is 0.327. The van der Waals surface area contributed by atoms with Gasteiger partial charge < -0.3 is 4.55 Å². The van der Waals surface area contributed by atoms with Crippen LogP contribution in [-0.2, 0) is 10.1 Å². The zero-order chi connectivity index (χ0) is 9.61. The summed E-state index contributed by atoms with van der Waals surface area (Å²) in [5, 5.41) is 0. The minimum Gasteiger partial charge on any atom is -0.748 e. The van der Waals surface area contributed by atoms with Crippen LogP contribution in [0.4, 0.5) is 0 Å². The van der Waals surface area contributed by atoms with Gasteiger partial charge in [0, 0.05) is 5.75 Å². The van der Waals surface area contributed by atoms with E-state index in [4.69, 9.17) is 0 Å². The largest absolute Gasteiger partial charge is 1.00 e. The normalized spacial score (nSPS) is 13.5. The molecule has 13 heavy (non-hydrogen) atoms. The van der Waals surface area contributed by atoms with E-state index in [-0.39, 0.29) is 57.1 Å². The molecular formula is C8H17KO3S. The van der Waals surface area contributed by atoms with Crippen LogP contribution < -0.4 is 51.4 Å². The van der Waals surface area contributed by atoms with E-state index in [9.17, 15) is 13.0 Å². The van der Waals surface area contributed by atoms with Crippen molar-refractivity contribution in [2.45, 2.75) is 39.5 Å². The second kappa shape index (κ2) is 8.82. The van der Waals surface area contributed by atoms with E-state index in [0.29, 0.717) is 12.3 Å². The van der Waals surface area contributed by atoms with Crippen molar-refractivity contribution >= 4 is 10.1 Å². The van der Waals surface area contributed by atoms with Crippen LogP contribution in [0.5, 0.6) is 0 Å². The van der Waals surface area contributed by atoms with Gasteiger partial charge in [0.1, 0.15) is 0 Å². The minimum atomic E-state index is -3.98. The smallest absolute Gasteiger partial charge is 0.748 e. The van der Waals surface area contributed by atoms with Crippen molar-refractivity contribution in [2.24, 2.45) is 5.92 Å². The Labute approximate surface area is 124 Å². The Hall–Kier alpha value is 1.55. The van der Waals surface area contributed by atoms with Crippen molar-refractivity contribution in [3.05, 3.63) is 0 Å². The Kier molecular flexibility index (Phi) is 11.5. The molecule has 0 aromatic carbocycles.